The number of methoxy groups -OCH3 is 1. The van der Waals surface area contributed by atoms with Gasteiger partial charge in [-0.1, -0.05) is 19.9 Å². The Kier molecular flexibility index (Phi) is 6.91. The molecule has 0 saturated carbocycles. The molecule has 2 atom stereocenters. The summed E-state index contributed by atoms with van der Waals surface area (Å²) in [7, 11) is 1.08. The molecule has 3 aromatic carbocycles. The van der Waals surface area contributed by atoms with Gasteiger partial charge in [0.2, 0.25) is 0 Å². The van der Waals surface area contributed by atoms with E-state index in [2.05, 4.69) is 0 Å². The zero-order chi connectivity index (χ0) is 37.5. The van der Waals surface area contributed by atoms with E-state index >= 15 is 4.39 Å². The Morgan fingerprint density at radius 3 is 2.00 bits per heavy atom. The fourth-order valence-electron chi connectivity index (χ4n) is 4.56. The van der Waals surface area contributed by atoms with Crippen LogP contribution in [0.25, 0.3) is 11.1 Å². The number of halogens is 10. The molecular formula is C30H25F10NO3. The third-order valence-electron chi connectivity index (χ3n) is 6.57. The Morgan fingerprint density at radius 1 is 0.932 bits per heavy atom. The monoisotopic (exact) mass is 642 g/mol. The molecule has 14 heteroatoms. The predicted octanol–water partition coefficient (Wildman–Crippen LogP) is 9.76. The summed E-state index contributed by atoms with van der Waals surface area (Å²) in [5.41, 5.74) is -9.47. The topological polar surface area (TPSA) is 38.8 Å². The standard InChI is InChI=1S/C30H25F10NO3/c1-14(2)24-22(31)7-8-23(43-4)25(24)21-6-5-18(28(32,33)34)11-17(21)13-41-15(3)26(44-27(41)42)16-9-19(29(35,36)37)12-20(10-16)30(38,39)40/h5-12,14-15,26H,13H2,1-4H3/t15-,26-/m0/s1/i13D2,14D,15D,26D. The van der Waals surface area contributed by atoms with Crippen LogP contribution in [-0.4, -0.2) is 24.1 Å². The highest BCUT2D eigenvalue weighted by Gasteiger charge is 2.44. The molecule has 0 aliphatic carbocycles. The van der Waals surface area contributed by atoms with Crippen LogP contribution in [0.3, 0.4) is 0 Å². The molecule has 44 heavy (non-hydrogen) atoms. The maximum atomic E-state index is 15.3. The molecule has 0 radical (unpaired) electrons. The second kappa shape index (κ2) is 11.5. The van der Waals surface area contributed by atoms with Crippen molar-refractivity contribution in [2.75, 3.05) is 7.11 Å². The zero-order valence-electron chi connectivity index (χ0n) is 28.1. The Hall–Kier alpha value is -3.97. The van der Waals surface area contributed by atoms with Crippen molar-refractivity contribution in [2.24, 2.45) is 0 Å². The van der Waals surface area contributed by atoms with Gasteiger partial charge in [0.05, 0.1) is 41.8 Å². The van der Waals surface area contributed by atoms with Gasteiger partial charge >= 0.3 is 24.6 Å². The van der Waals surface area contributed by atoms with Crippen molar-refractivity contribution in [3.8, 4) is 16.9 Å². The van der Waals surface area contributed by atoms with E-state index in [0.29, 0.717) is 19.1 Å². The van der Waals surface area contributed by atoms with Crippen molar-refractivity contribution in [1.82, 2.24) is 4.90 Å². The Bertz CT molecular complexity index is 1770. The molecule has 1 saturated heterocycles. The van der Waals surface area contributed by atoms with Crippen LogP contribution in [-0.2, 0) is 29.8 Å². The molecule has 238 valence electrons. The van der Waals surface area contributed by atoms with E-state index in [-0.39, 0.29) is 34.9 Å². The summed E-state index contributed by atoms with van der Waals surface area (Å²) >= 11 is 0. The first-order chi connectivity index (χ1) is 22.0. The fourth-order valence-corrected chi connectivity index (χ4v) is 4.56. The molecule has 0 unspecified atom stereocenters. The minimum atomic E-state index is -5.44. The molecular weight excluding hydrogens is 612 g/mol. The first-order valence-electron chi connectivity index (χ1n) is 14.9. The Labute approximate surface area is 252 Å². The lowest BCUT2D eigenvalue weighted by Crippen LogP contribution is -2.32. The largest absolute Gasteiger partial charge is 0.496 e. The Morgan fingerprint density at radius 2 is 1.50 bits per heavy atom. The van der Waals surface area contributed by atoms with Crippen LogP contribution in [0.4, 0.5) is 48.7 Å². The molecule has 1 fully saturated rings. The first kappa shape index (κ1) is 26.4. The van der Waals surface area contributed by atoms with Gasteiger partial charge in [-0.3, -0.25) is 4.90 Å². The summed E-state index contributed by atoms with van der Waals surface area (Å²) < 4.78 is 193. The van der Waals surface area contributed by atoms with E-state index in [0.717, 1.165) is 19.2 Å². The normalized spacial score (nSPS) is 23.4. The van der Waals surface area contributed by atoms with Gasteiger partial charge < -0.3 is 9.47 Å². The molecule has 4 nitrogen and oxygen atoms in total. The Balaban J connectivity index is 2.06. The highest BCUT2D eigenvalue weighted by molar-refractivity contribution is 5.79. The van der Waals surface area contributed by atoms with Gasteiger partial charge in [0.15, 0.2) is 0 Å². The molecule has 0 spiro atoms. The molecule has 1 amide bonds. The van der Waals surface area contributed by atoms with E-state index in [9.17, 15) is 44.3 Å². The summed E-state index contributed by atoms with van der Waals surface area (Å²) in [5, 5.41) is 0. The van der Waals surface area contributed by atoms with Gasteiger partial charge in [-0.2, -0.15) is 39.5 Å². The molecule has 0 N–H and O–H groups in total. The van der Waals surface area contributed by atoms with E-state index in [1.54, 1.807) is 0 Å². The van der Waals surface area contributed by atoms with E-state index in [1.165, 1.54) is 13.8 Å². The molecule has 4 rings (SSSR count). The summed E-state index contributed by atoms with van der Waals surface area (Å²) in [6, 6.07) is -0.362. The SMILES string of the molecule is [2H]C(C)(C)c1c(F)ccc(OC)c1-c1ccc(C(F)(F)F)cc1C([2H])([2H])N1C(=O)O[C@]([2H])(c2cc(C(F)(F)F)cc(C(F)(F)F)c2)[C@]1([2H])C. The minimum Gasteiger partial charge on any atom is -0.496 e. The number of nitrogens with zero attached hydrogens (tertiary/aromatic N) is 1. The molecule has 0 bridgehead atoms. The number of alkyl halides is 9. The average molecular weight is 643 g/mol. The predicted molar refractivity (Wildman–Crippen MR) is 138 cm³/mol. The van der Waals surface area contributed by atoms with Gasteiger partial charge in [0.1, 0.15) is 17.6 Å². The van der Waals surface area contributed by atoms with Crippen molar-refractivity contribution in [3.63, 3.8) is 0 Å². The summed E-state index contributed by atoms with van der Waals surface area (Å²) in [5.74, 6) is -3.21. The second-order valence-corrected chi connectivity index (χ2v) is 9.78. The molecule has 1 heterocycles. The maximum Gasteiger partial charge on any atom is 0.416 e. The van der Waals surface area contributed by atoms with E-state index < -0.39 is 99.4 Å². The highest BCUT2D eigenvalue weighted by atomic mass is 19.4. The summed E-state index contributed by atoms with van der Waals surface area (Å²) in [4.78, 5) is 13.1. The lowest BCUT2D eigenvalue weighted by Gasteiger charge is -2.25. The number of cyclic esters (lactones) is 1. The van der Waals surface area contributed by atoms with Gasteiger partial charge in [-0.25, -0.2) is 9.18 Å². The van der Waals surface area contributed by atoms with Gasteiger partial charge in [0.25, 0.3) is 0 Å². The fraction of sp³-hybridized carbons (Fsp3) is 0.367. The first-order valence-corrected chi connectivity index (χ1v) is 12.4. The smallest absolute Gasteiger partial charge is 0.416 e. The van der Waals surface area contributed by atoms with Crippen LogP contribution in [0.15, 0.2) is 48.5 Å². The molecule has 3 aromatic rings. The van der Waals surface area contributed by atoms with Crippen LogP contribution < -0.4 is 4.74 Å². The number of amides is 1. The van der Waals surface area contributed by atoms with Gasteiger partial charge in [-0.05, 0) is 72.0 Å². The summed E-state index contributed by atoms with van der Waals surface area (Å²) in [6.07, 6.45) is -21.6. The molecule has 1 aliphatic heterocycles. The van der Waals surface area contributed by atoms with Crippen LogP contribution in [0.1, 0.15) is 73.0 Å². The van der Waals surface area contributed by atoms with Crippen molar-refractivity contribution in [1.29, 1.82) is 0 Å². The lowest BCUT2D eigenvalue weighted by molar-refractivity contribution is -0.143. The van der Waals surface area contributed by atoms with Crippen LogP contribution in [0, 0.1) is 5.82 Å². The number of benzene rings is 3. The van der Waals surface area contributed by atoms with Crippen LogP contribution >= 0.6 is 0 Å². The zero-order valence-corrected chi connectivity index (χ0v) is 23.1. The van der Waals surface area contributed by atoms with Crippen molar-refractivity contribution >= 4 is 6.09 Å². The van der Waals surface area contributed by atoms with Crippen LogP contribution in [0.2, 0.25) is 0 Å². The van der Waals surface area contributed by atoms with Crippen molar-refractivity contribution < 1.29 is 65.0 Å². The molecule has 1 aliphatic rings. The number of ether oxygens (including phenoxy) is 2. The van der Waals surface area contributed by atoms with E-state index in [1.807, 2.05) is 0 Å². The number of rotatable bonds is 6. The maximum absolute atomic E-state index is 15.3. The lowest BCUT2D eigenvalue weighted by atomic mass is 9.88. The highest BCUT2D eigenvalue weighted by Crippen LogP contribution is 2.45. The van der Waals surface area contributed by atoms with Crippen molar-refractivity contribution in [2.45, 2.75) is 63.8 Å². The number of hydrogen-bond acceptors (Lipinski definition) is 3. The minimum absolute atomic E-state index is 0.00268. The van der Waals surface area contributed by atoms with Gasteiger partial charge in [-0.15, -0.1) is 0 Å². The second-order valence-electron chi connectivity index (χ2n) is 9.78. The third kappa shape index (κ3) is 6.43. The number of carbonyl (C=O) groups excluding carboxylic acids is 1. The van der Waals surface area contributed by atoms with Gasteiger partial charge in [0, 0.05) is 12.5 Å². The molecule has 0 aromatic heterocycles. The summed E-state index contributed by atoms with van der Waals surface area (Å²) in [6.45, 7) is -0.777. The third-order valence-corrected chi connectivity index (χ3v) is 6.57. The number of carbonyl (C=O) groups is 1. The number of hydrogen-bond donors (Lipinski definition) is 0. The van der Waals surface area contributed by atoms with Crippen molar-refractivity contribution in [3.05, 3.63) is 87.7 Å². The quantitative estimate of drug-likeness (QED) is 0.252. The van der Waals surface area contributed by atoms with E-state index in [4.69, 9.17) is 16.3 Å². The average Bonchev–Trinajstić information content (AvgIpc) is 3.13. The van der Waals surface area contributed by atoms with Crippen LogP contribution in [0.5, 0.6) is 5.75 Å².